The zero-order valence-electron chi connectivity index (χ0n) is 20.0. The van der Waals surface area contributed by atoms with Gasteiger partial charge in [-0.25, -0.2) is 0 Å². The van der Waals surface area contributed by atoms with Crippen LogP contribution in [0.5, 0.6) is 11.5 Å². The van der Waals surface area contributed by atoms with Gasteiger partial charge in [0.25, 0.3) is 0 Å². The molecule has 2 N–H and O–H groups in total. The van der Waals surface area contributed by atoms with E-state index in [1.165, 1.54) is 29.8 Å². The van der Waals surface area contributed by atoms with E-state index < -0.39 is 0 Å². The van der Waals surface area contributed by atoms with Crippen molar-refractivity contribution in [1.82, 2.24) is 10.2 Å². The number of aromatic hydroxyl groups is 1. The van der Waals surface area contributed by atoms with Crippen LogP contribution in [0.4, 0.5) is 5.69 Å². The van der Waals surface area contributed by atoms with Gasteiger partial charge in [0.15, 0.2) is 0 Å². The fourth-order valence-electron chi connectivity index (χ4n) is 5.40. The third-order valence-corrected chi connectivity index (χ3v) is 7.27. The second kappa shape index (κ2) is 10.5. The Labute approximate surface area is 203 Å². The summed E-state index contributed by atoms with van der Waals surface area (Å²) in [6.45, 7) is 7.25. The molecular formula is C29H35N3O2. The van der Waals surface area contributed by atoms with Crippen LogP contribution < -0.4 is 15.0 Å². The second-order valence-corrected chi connectivity index (χ2v) is 9.41. The molecule has 5 nitrogen and oxygen atoms in total. The standard InChI is InChI=1S/C29H35N3O2/c1-30-14-5-15-31-16-18-32(19-17-31)24-10-8-23(9-11-24)29-26-13-12-25(33)20-28(26)34-21-27(29)22-6-3-2-4-7-22/h2-4,6-13,20,27,29-30,33H,5,14-19,21H2,1H3/t27-,29?/m1/s1. The summed E-state index contributed by atoms with van der Waals surface area (Å²) in [5, 5.41) is 13.2. The van der Waals surface area contributed by atoms with E-state index in [9.17, 15) is 5.11 Å². The van der Waals surface area contributed by atoms with Crippen LogP contribution in [0.1, 0.15) is 34.9 Å². The van der Waals surface area contributed by atoms with Crippen molar-refractivity contribution in [3.8, 4) is 11.5 Å². The van der Waals surface area contributed by atoms with E-state index in [1.54, 1.807) is 12.1 Å². The molecule has 2 aliphatic rings. The van der Waals surface area contributed by atoms with Crippen LogP contribution >= 0.6 is 0 Å². The summed E-state index contributed by atoms with van der Waals surface area (Å²) in [5.41, 5.74) is 5.01. The van der Waals surface area contributed by atoms with E-state index in [2.05, 4.69) is 69.7 Å². The average molecular weight is 458 g/mol. The second-order valence-electron chi connectivity index (χ2n) is 9.41. The fraction of sp³-hybridized carbons (Fsp3) is 0.379. The van der Waals surface area contributed by atoms with Gasteiger partial charge in [0.05, 0.1) is 6.61 Å². The minimum atomic E-state index is 0.185. The number of phenolic OH excluding ortho intramolecular Hbond substituents is 1. The number of benzene rings is 3. The third kappa shape index (κ3) is 4.91. The molecule has 0 saturated carbocycles. The van der Waals surface area contributed by atoms with E-state index >= 15 is 0 Å². The molecule has 0 spiro atoms. The Kier molecular flexibility index (Phi) is 7.02. The zero-order chi connectivity index (χ0) is 23.3. The molecule has 2 heterocycles. The topological polar surface area (TPSA) is 48.0 Å². The van der Waals surface area contributed by atoms with Gasteiger partial charge in [-0.2, -0.15) is 0 Å². The van der Waals surface area contributed by atoms with Crippen molar-refractivity contribution in [1.29, 1.82) is 0 Å². The number of piperazine rings is 1. The SMILES string of the molecule is CNCCCN1CCN(c2ccc(C3c4ccc(O)cc4OC[C@@H]3c3ccccc3)cc2)CC1. The maximum Gasteiger partial charge on any atom is 0.126 e. The fourth-order valence-corrected chi connectivity index (χ4v) is 5.40. The first-order valence-electron chi connectivity index (χ1n) is 12.5. The third-order valence-electron chi connectivity index (χ3n) is 7.27. The maximum atomic E-state index is 10.00. The van der Waals surface area contributed by atoms with Gasteiger partial charge in [0.1, 0.15) is 11.5 Å². The Morgan fingerprint density at radius 3 is 2.41 bits per heavy atom. The number of nitrogens with zero attached hydrogens (tertiary/aromatic N) is 2. The van der Waals surface area contributed by atoms with E-state index in [4.69, 9.17) is 4.74 Å². The van der Waals surface area contributed by atoms with Crippen molar-refractivity contribution >= 4 is 5.69 Å². The van der Waals surface area contributed by atoms with E-state index in [1.807, 2.05) is 13.1 Å². The summed E-state index contributed by atoms with van der Waals surface area (Å²) in [4.78, 5) is 5.07. The summed E-state index contributed by atoms with van der Waals surface area (Å²) in [5.74, 6) is 1.45. The van der Waals surface area contributed by atoms with Gasteiger partial charge in [-0.1, -0.05) is 48.5 Å². The van der Waals surface area contributed by atoms with Gasteiger partial charge in [0.2, 0.25) is 0 Å². The summed E-state index contributed by atoms with van der Waals surface area (Å²) in [6.07, 6.45) is 1.21. The number of nitrogens with one attached hydrogen (secondary N) is 1. The molecule has 0 aliphatic carbocycles. The molecule has 5 rings (SSSR count). The molecule has 0 amide bonds. The van der Waals surface area contributed by atoms with Crippen molar-refractivity contribution in [3.05, 3.63) is 89.5 Å². The van der Waals surface area contributed by atoms with E-state index in [0.29, 0.717) is 6.61 Å². The summed E-state index contributed by atoms with van der Waals surface area (Å²) >= 11 is 0. The first-order chi connectivity index (χ1) is 16.7. The molecule has 2 atom stereocenters. The van der Waals surface area contributed by atoms with Crippen molar-refractivity contribution in [2.45, 2.75) is 18.3 Å². The van der Waals surface area contributed by atoms with Crippen LogP contribution in [0, 0.1) is 0 Å². The van der Waals surface area contributed by atoms with Crippen molar-refractivity contribution < 1.29 is 9.84 Å². The van der Waals surface area contributed by atoms with Gasteiger partial charge in [-0.3, -0.25) is 4.90 Å². The number of ether oxygens (including phenoxy) is 1. The van der Waals surface area contributed by atoms with E-state index in [0.717, 1.165) is 44.0 Å². The normalized spacial score (nSPS) is 20.6. The van der Waals surface area contributed by atoms with Gasteiger partial charge in [-0.15, -0.1) is 0 Å². The highest BCUT2D eigenvalue weighted by Crippen LogP contribution is 2.47. The van der Waals surface area contributed by atoms with Gasteiger partial charge < -0.3 is 20.1 Å². The lowest BCUT2D eigenvalue weighted by atomic mass is 9.76. The predicted molar refractivity (Wildman–Crippen MR) is 138 cm³/mol. The highest BCUT2D eigenvalue weighted by molar-refractivity contribution is 5.54. The molecule has 1 fully saturated rings. The lowest BCUT2D eigenvalue weighted by Gasteiger charge is -2.37. The lowest BCUT2D eigenvalue weighted by molar-refractivity contribution is 0.247. The Morgan fingerprint density at radius 2 is 1.68 bits per heavy atom. The summed E-state index contributed by atoms with van der Waals surface area (Å²) < 4.78 is 6.11. The maximum absolute atomic E-state index is 10.00. The van der Waals surface area contributed by atoms with Crippen LogP contribution in [0.25, 0.3) is 0 Å². The molecule has 5 heteroatoms. The molecule has 0 radical (unpaired) electrons. The van der Waals surface area contributed by atoms with Crippen LogP contribution in [0.3, 0.4) is 0 Å². The highest BCUT2D eigenvalue weighted by atomic mass is 16.5. The first kappa shape index (κ1) is 22.8. The van der Waals surface area contributed by atoms with Crippen molar-refractivity contribution in [2.75, 3.05) is 57.8 Å². The Balaban J connectivity index is 1.36. The molecule has 3 aromatic carbocycles. The number of fused-ring (bicyclic) bond motifs is 1. The predicted octanol–water partition coefficient (Wildman–Crippen LogP) is 4.43. The zero-order valence-corrected chi connectivity index (χ0v) is 20.0. The van der Waals surface area contributed by atoms with E-state index in [-0.39, 0.29) is 17.6 Å². The minimum absolute atomic E-state index is 0.185. The number of rotatable bonds is 7. The molecule has 0 aromatic heterocycles. The molecule has 3 aromatic rings. The Bertz CT molecular complexity index is 1060. The summed E-state index contributed by atoms with van der Waals surface area (Å²) in [6, 6.07) is 25.3. The smallest absolute Gasteiger partial charge is 0.126 e. The number of anilines is 1. The van der Waals surface area contributed by atoms with Crippen LogP contribution in [-0.4, -0.2) is 62.9 Å². The number of hydrogen-bond donors (Lipinski definition) is 2. The van der Waals surface area contributed by atoms with Crippen LogP contribution in [0.15, 0.2) is 72.8 Å². The lowest BCUT2D eigenvalue weighted by Crippen LogP contribution is -2.46. The monoisotopic (exact) mass is 457 g/mol. The van der Waals surface area contributed by atoms with Crippen LogP contribution in [0.2, 0.25) is 0 Å². The quantitative estimate of drug-likeness (QED) is 0.514. The van der Waals surface area contributed by atoms with Crippen LogP contribution in [-0.2, 0) is 0 Å². The van der Waals surface area contributed by atoms with Crippen molar-refractivity contribution in [2.24, 2.45) is 0 Å². The highest BCUT2D eigenvalue weighted by Gasteiger charge is 2.33. The Morgan fingerprint density at radius 1 is 0.912 bits per heavy atom. The number of phenols is 1. The molecule has 34 heavy (non-hydrogen) atoms. The van der Waals surface area contributed by atoms with Gasteiger partial charge in [0, 0.05) is 55.3 Å². The molecule has 178 valence electrons. The average Bonchev–Trinajstić information content (AvgIpc) is 2.89. The Hall–Kier alpha value is -3.02. The summed E-state index contributed by atoms with van der Waals surface area (Å²) in [7, 11) is 2.02. The molecule has 1 saturated heterocycles. The molecule has 0 bridgehead atoms. The van der Waals surface area contributed by atoms with Crippen molar-refractivity contribution in [3.63, 3.8) is 0 Å². The van der Waals surface area contributed by atoms with Gasteiger partial charge in [-0.05, 0) is 55.9 Å². The molecule has 2 aliphatic heterocycles. The molecular weight excluding hydrogens is 422 g/mol. The van der Waals surface area contributed by atoms with Gasteiger partial charge >= 0.3 is 0 Å². The number of hydrogen-bond acceptors (Lipinski definition) is 5. The largest absolute Gasteiger partial charge is 0.508 e. The molecule has 1 unspecified atom stereocenters. The first-order valence-corrected chi connectivity index (χ1v) is 12.5. The minimum Gasteiger partial charge on any atom is -0.508 e.